The largest absolute Gasteiger partial charge is 0.494 e. The molecule has 2 rings (SSSR count). The highest BCUT2D eigenvalue weighted by Gasteiger charge is 2.29. The van der Waals surface area contributed by atoms with Gasteiger partial charge in [-0.05, 0) is 25.8 Å². The van der Waals surface area contributed by atoms with Crippen molar-refractivity contribution in [2.45, 2.75) is 32.7 Å². The predicted molar refractivity (Wildman–Crippen MR) is 80.6 cm³/mol. The molecule has 0 N–H and O–H groups in total. The van der Waals surface area contributed by atoms with Crippen molar-refractivity contribution in [2.75, 3.05) is 13.2 Å². The molecule has 1 aliphatic rings. The zero-order valence-corrected chi connectivity index (χ0v) is 12.2. The Morgan fingerprint density at radius 1 is 1.45 bits per heavy atom. The number of hydrogen-bond acceptors (Lipinski definition) is 2. The summed E-state index contributed by atoms with van der Waals surface area (Å²) in [5.41, 5.74) is 1.06. The first-order chi connectivity index (χ1) is 9.76. The topological polar surface area (TPSA) is 29.5 Å². The van der Waals surface area contributed by atoms with Gasteiger partial charge in [-0.2, -0.15) is 0 Å². The lowest BCUT2D eigenvalue weighted by Crippen LogP contribution is -2.38. The Morgan fingerprint density at radius 3 is 2.80 bits per heavy atom. The van der Waals surface area contributed by atoms with Gasteiger partial charge in [0.2, 0.25) is 5.91 Å². The summed E-state index contributed by atoms with van der Waals surface area (Å²) in [7, 11) is 0. The van der Waals surface area contributed by atoms with Gasteiger partial charge in [0.05, 0.1) is 6.61 Å². The lowest BCUT2D eigenvalue weighted by molar-refractivity contribution is -0.138. The molecule has 0 aliphatic heterocycles. The highest BCUT2D eigenvalue weighted by atomic mass is 16.5. The number of hydrogen-bond donors (Lipinski definition) is 0. The molecule has 0 atom stereocenters. The van der Waals surface area contributed by atoms with E-state index in [0.717, 1.165) is 24.2 Å². The van der Waals surface area contributed by atoms with Gasteiger partial charge in [0.1, 0.15) is 5.75 Å². The van der Waals surface area contributed by atoms with Crippen LogP contribution in [-0.2, 0) is 11.3 Å². The van der Waals surface area contributed by atoms with Crippen molar-refractivity contribution in [3.05, 3.63) is 42.5 Å². The summed E-state index contributed by atoms with van der Waals surface area (Å²) in [6.07, 6.45) is 5.02. The van der Waals surface area contributed by atoms with E-state index in [9.17, 15) is 4.79 Å². The maximum atomic E-state index is 12.4. The minimum Gasteiger partial charge on any atom is -0.494 e. The monoisotopic (exact) mass is 273 g/mol. The number of rotatable bonds is 7. The van der Waals surface area contributed by atoms with Gasteiger partial charge >= 0.3 is 0 Å². The van der Waals surface area contributed by atoms with Crippen LogP contribution in [0, 0.1) is 5.92 Å². The molecule has 0 spiro atoms. The van der Waals surface area contributed by atoms with Crippen molar-refractivity contribution in [3.63, 3.8) is 0 Å². The first-order valence-electron chi connectivity index (χ1n) is 7.36. The van der Waals surface area contributed by atoms with E-state index in [1.54, 1.807) is 6.08 Å². The summed E-state index contributed by atoms with van der Waals surface area (Å²) in [5.74, 6) is 1.34. The van der Waals surface area contributed by atoms with Crippen LogP contribution in [0.4, 0.5) is 0 Å². The van der Waals surface area contributed by atoms with E-state index < -0.39 is 0 Å². The van der Waals surface area contributed by atoms with Gasteiger partial charge in [-0.15, -0.1) is 6.58 Å². The number of carbonyl (C=O) groups is 1. The van der Waals surface area contributed by atoms with Crippen LogP contribution >= 0.6 is 0 Å². The maximum absolute atomic E-state index is 12.4. The minimum atomic E-state index is 0.217. The standard InChI is InChI=1S/C17H23NO2/c1-3-12-18(17(19)14-9-7-10-14)13-15-8-5-6-11-16(15)20-4-2/h3,5-6,8,11,14H,1,4,7,9-10,12-13H2,2H3. The number of amides is 1. The van der Waals surface area contributed by atoms with Gasteiger partial charge in [-0.25, -0.2) is 0 Å². The molecule has 0 aromatic heterocycles. The number of nitrogens with zero attached hydrogens (tertiary/aromatic N) is 1. The minimum absolute atomic E-state index is 0.217. The molecule has 108 valence electrons. The van der Waals surface area contributed by atoms with Gasteiger partial charge < -0.3 is 9.64 Å². The Morgan fingerprint density at radius 2 is 2.20 bits per heavy atom. The Labute approximate surface area is 121 Å². The maximum Gasteiger partial charge on any atom is 0.226 e. The van der Waals surface area contributed by atoms with E-state index in [2.05, 4.69) is 6.58 Å². The van der Waals surface area contributed by atoms with Gasteiger partial charge in [0.15, 0.2) is 0 Å². The van der Waals surface area contributed by atoms with Gasteiger partial charge in [0, 0.05) is 24.6 Å². The second-order valence-electron chi connectivity index (χ2n) is 5.18. The normalized spacial score (nSPS) is 14.4. The van der Waals surface area contributed by atoms with Crippen molar-refractivity contribution in [1.82, 2.24) is 4.90 Å². The molecule has 3 nitrogen and oxygen atoms in total. The quantitative estimate of drug-likeness (QED) is 0.713. The van der Waals surface area contributed by atoms with Crippen LogP contribution in [0.15, 0.2) is 36.9 Å². The van der Waals surface area contributed by atoms with Gasteiger partial charge in [-0.1, -0.05) is 30.7 Å². The van der Waals surface area contributed by atoms with Crippen LogP contribution in [0.25, 0.3) is 0 Å². The van der Waals surface area contributed by atoms with E-state index in [-0.39, 0.29) is 11.8 Å². The van der Waals surface area contributed by atoms with E-state index in [1.807, 2.05) is 36.1 Å². The summed E-state index contributed by atoms with van der Waals surface area (Å²) in [4.78, 5) is 14.3. The van der Waals surface area contributed by atoms with Gasteiger partial charge in [-0.3, -0.25) is 4.79 Å². The molecule has 3 heteroatoms. The Balaban J connectivity index is 2.10. The highest BCUT2D eigenvalue weighted by Crippen LogP contribution is 2.29. The average Bonchev–Trinajstić information content (AvgIpc) is 2.38. The summed E-state index contributed by atoms with van der Waals surface area (Å²) < 4.78 is 5.63. The molecular formula is C17H23NO2. The van der Waals surface area contributed by atoms with E-state index >= 15 is 0 Å². The predicted octanol–water partition coefficient (Wildman–Crippen LogP) is 3.40. The fraction of sp³-hybridized carbons (Fsp3) is 0.471. The fourth-order valence-electron chi connectivity index (χ4n) is 2.44. The molecule has 0 bridgehead atoms. The molecule has 0 heterocycles. The van der Waals surface area contributed by atoms with Crippen LogP contribution in [0.2, 0.25) is 0 Å². The van der Waals surface area contributed by atoms with Gasteiger partial charge in [0.25, 0.3) is 0 Å². The Kier molecular flexibility index (Phi) is 5.22. The summed E-state index contributed by atoms with van der Waals surface area (Å²) in [6.45, 7) is 7.55. The second kappa shape index (κ2) is 7.13. The molecule has 1 fully saturated rings. The zero-order valence-electron chi connectivity index (χ0n) is 12.2. The Bertz CT molecular complexity index is 466. The third-order valence-corrected chi connectivity index (χ3v) is 3.75. The number of ether oxygens (including phenoxy) is 1. The van der Waals surface area contributed by atoms with Crippen molar-refractivity contribution < 1.29 is 9.53 Å². The van der Waals surface area contributed by atoms with Crippen molar-refractivity contribution in [3.8, 4) is 5.75 Å². The van der Waals surface area contributed by atoms with Crippen LogP contribution in [0.1, 0.15) is 31.7 Å². The van der Waals surface area contributed by atoms with Crippen molar-refractivity contribution in [2.24, 2.45) is 5.92 Å². The molecule has 1 aliphatic carbocycles. The molecule has 1 saturated carbocycles. The number of para-hydroxylation sites is 1. The highest BCUT2D eigenvalue weighted by molar-refractivity contribution is 5.79. The first-order valence-corrected chi connectivity index (χ1v) is 7.36. The SMILES string of the molecule is C=CCN(Cc1ccccc1OCC)C(=O)C1CCC1. The van der Waals surface area contributed by atoms with Crippen LogP contribution in [0.3, 0.4) is 0 Å². The third kappa shape index (κ3) is 3.41. The first kappa shape index (κ1) is 14.6. The summed E-state index contributed by atoms with van der Waals surface area (Å²) in [5, 5.41) is 0. The molecule has 0 unspecified atom stereocenters. The lowest BCUT2D eigenvalue weighted by Gasteiger charge is -2.31. The van der Waals surface area contributed by atoms with Crippen molar-refractivity contribution >= 4 is 5.91 Å². The van der Waals surface area contributed by atoms with Crippen LogP contribution in [0.5, 0.6) is 5.75 Å². The lowest BCUT2D eigenvalue weighted by atomic mass is 9.84. The molecule has 1 aromatic rings. The second-order valence-corrected chi connectivity index (χ2v) is 5.18. The third-order valence-electron chi connectivity index (χ3n) is 3.75. The molecular weight excluding hydrogens is 250 g/mol. The fourth-order valence-corrected chi connectivity index (χ4v) is 2.44. The van der Waals surface area contributed by atoms with E-state index in [4.69, 9.17) is 4.74 Å². The van der Waals surface area contributed by atoms with Crippen LogP contribution < -0.4 is 4.74 Å². The molecule has 1 amide bonds. The summed E-state index contributed by atoms with van der Waals surface area (Å²) in [6, 6.07) is 7.92. The smallest absolute Gasteiger partial charge is 0.226 e. The molecule has 0 radical (unpaired) electrons. The van der Waals surface area contributed by atoms with Crippen molar-refractivity contribution in [1.29, 1.82) is 0 Å². The Hall–Kier alpha value is -1.77. The van der Waals surface area contributed by atoms with E-state index in [1.165, 1.54) is 6.42 Å². The number of carbonyl (C=O) groups excluding carboxylic acids is 1. The average molecular weight is 273 g/mol. The molecule has 1 aromatic carbocycles. The van der Waals surface area contributed by atoms with Crippen LogP contribution in [-0.4, -0.2) is 24.0 Å². The molecule has 20 heavy (non-hydrogen) atoms. The molecule has 0 saturated heterocycles. The number of benzene rings is 1. The summed E-state index contributed by atoms with van der Waals surface area (Å²) >= 11 is 0. The van der Waals surface area contributed by atoms with E-state index in [0.29, 0.717) is 19.7 Å². The zero-order chi connectivity index (χ0) is 14.4.